The van der Waals surface area contributed by atoms with Gasteiger partial charge in [-0.3, -0.25) is 9.78 Å². The van der Waals surface area contributed by atoms with E-state index in [9.17, 15) is 4.79 Å². The Bertz CT molecular complexity index is 1430. The normalized spacial score (nSPS) is 19.4. The zero-order valence-electron chi connectivity index (χ0n) is 17.5. The maximum Gasteiger partial charge on any atom is 0.260 e. The minimum Gasteiger partial charge on any atom is -0.355 e. The first-order chi connectivity index (χ1) is 15.9. The molecule has 0 bridgehead atoms. The summed E-state index contributed by atoms with van der Waals surface area (Å²) in [5.41, 5.74) is 11.2. The Morgan fingerprint density at radius 3 is 2.76 bits per heavy atom. The summed E-state index contributed by atoms with van der Waals surface area (Å²) in [4.78, 5) is 36.4. The van der Waals surface area contributed by atoms with Crippen LogP contribution in [0.15, 0.2) is 40.0 Å². The predicted octanol–water partition coefficient (Wildman–Crippen LogP) is 3.62. The van der Waals surface area contributed by atoms with E-state index >= 15 is 0 Å². The zero-order chi connectivity index (χ0) is 22.7. The fourth-order valence-electron chi connectivity index (χ4n) is 5.06. The van der Waals surface area contributed by atoms with Crippen LogP contribution < -0.4 is 16.2 Å². The number of piperidine rings is 1. The molecule has 168 valence electrons. The number of nitrogens with zero attached hydrogens (tertiary/aromatic N) is 5. The van der Waals surface area contributed by atoms with Gasteiger partial charge in [0.15, 0.2) is 5.16 Å². The molecular weight excluding hydrogens is 478 g/mol. The largest absolute Gasteiger partial charge is 0.355 e. The number of rotatable bonds is 2. The van der Waals surface area contributed by atoms with Crippen LogP contribution in [-0.4, -0.2) is 38.0 Å². The molecule has 4 aromatic rings. The summed E-state index contributed by atoms with van der Waals surface area (Å²) in [5, 5.41) is 0.858. The van der Waals surface area contributed by atoms with Crippen LogP contribution in [0, 0.1) is 5.41 Å². The van der Waals surface area contributed by atoms with Gasteiger partial charge in [-0.25, -0.2) is 15.0 Å². The van der Waals surface area contributed by atoms with E-state index in [1.807, 2.05) is 5.51 Å². The first kappa shape index (κ1) is 21.0. The standard InChI is InChI=1S/C22H20ClN7OS2/c23-17-11(1-2-12-16(17)20(31)29-21(32)28-12)14-8-26-15(9-25-14)30-5-3-22(4-6-30)7-13-18(19(22)24)33-10-27-13/h1-2,8-10,19H,3-7,24H2,(H2,28,29,31,32)/t19-/m0/s1. The molecule has 0 radical (unpaired) electrons. The maximum atomic E-state index is 12.4. The molecule has 11 heteroatoms. The number of nitrogens with one attached hydrogen (secondary N) is 1. The highest BCUT2D eigenvalue weighted by Gasteiger charge is 2.47. The van der Waals surface area contributed by atoms with E-state index in [4.69, 9.17) is 17.3 Å². The van der Waals surface area contributed by atoms with Crippen LogP contribution in [0.2, 0.25) is 5.02 Å². The van der Waals surface area contributed by atoms with E-state index in [1.165, 1.54) is 10.6 Å². The number of H-pyrrole nitrogens is 1. The van der Waals surface area contributed by atoms with Crippen molar-refractivity contribution in [2.45, 2.75) is 30.5 Å². The molecule has 3 N–H and O–H groups in total. The highest BCUT2D eigenvalue weighted by atomic mass is 35.5. The van der Waals surface area contributed by atoms with Gasteiger partial charge in [0.05, 0.1) is 45.2 Å². The number of hydrogen-bond acceptors (Lipinski definition) is 9. The second-order valence-corrected chi connectivity index (χ2v) is 10.3. The van der Waals surface area contributed by atoms with Crippen molar-refractivity contribution in [1.82, 2.24) is 24.9 Å². The van der Waals surface area contributed by atoms with E-state index in [2.05, 4.69) is 42.4 Å². The monoisotopic (exact) mass is 497 g/mol. The molecule has 33 heavy (non-hydrogen) atoms. The molecule has 2 aliphatic rings. The Balaban J connectivity index is 1.23. The molecule has 0 amide bonds. The number of nitrogens with two attached hydrogens (primary N) is 1. The number of halogens is 1. The van der Waals surface area contributed by atoms with Crippen molar-refractivity contribution >= 4 is 52.3 Å². The SMILES string of the molecule is N[C@H]1c2scnc2CC12CCN(c1cnc(-c3ccc4nc(S)[nH]c(=O)c4c3Cl)cn1)CC2. The summed E-state index contributed by atoms with van der Waals surface area (Å²) < 4.78 is 0. The summed E-state index contributed by atoms with van der Waals surface area (Å²) in [5.74, 6) is 0.823. The first-order valence-corrected chi connectivity index (χ1v) is 12.3. The second kappa shape index (κ2) is 7.76. The van der Waals surface area contributed by atoms with Crippen molar-refractivity contribution in [1.29, 1.82) is 0 Å². The Morgan fingerprint density at radius 2 is 2.03 bits per heavy atom. The van der Waals surface area contributed by atoms with Crippen molar-refractivity contribution in [3.05, 3.63) is 56.0 Å². The molecule has 0 unspecified atom stereocenters. The summed E-state index contributed by atoms with van der Waals surface area (Å²) in [7, 11) is 0. The minimum atomic E-state index is -0.335. The van der Waals surface area contributed by atoms with Crippen molar-refractivity contribution < 1.29 is 0 Å². The summed E-state index contributed by atoms with van der Waals surface area (Å²) in [6, 6.07) is 3.61. The van der Waals surface area contributed by atoms with Gasteiger partial charge in [0, 0.05) is 29.6 Å². The van der Waals surface area contributed by atoms with Crippen LogP contribution >= 0.6 is 35.6 Å². The van der Waals surface area contributed by atoms with Gasteiger partial charge in [-0.05, 0) is 36.8 Å². The number of thiazole rings is 1. The fourth-order valence-corrected chi connectivity index (χ4v) is 6.56. The van der Waals surface area contributed by atoms with Gasteiger partial charge in [0.25, 0.3) is 5.56 Å². The molecule has 3 aromatic heterocycles. The van der Waals surface area contributed by atoms with Crippen molar-refractivity contribution in [3.8, 4) is 11.3 Å². The molecule has 1 saturated heterocycles. The Kier molecular flexibility index (Phi) is 4.95. The van der Waals surface area contributed by atoms with Gasteiger partial charge in [-0.15, -0.1) is 24.0 Å². The number of fused-ring (bicyclic) bond motifs is 2. The van der Waals surface area contributed by atoms with Crippen LogP contribution in [0.5, 0.6) is 0 Å². The van der Waals surface area contributed by atoms with Gasteiger partial charge in [-0.1, -0.05) is 11.6 Å². The van der Waals surface area contributed by atoms with E-state index in [1.54, 1.807) is 35.9 Å². The third kappa shape index (κ3) is 3.35. The van der Waals surface area contributed by atoms with E-state index in [0.717, 1.165) is 38.2 Å². The molecule has 1 fully saturated rings. The smallest absolute Gasteiger partial charge is 0.260 e. The summed E-state index contributed by atoms with van der Waals surface area (Å²) in [6.07, 6.45) is 6.43. The lowest BCUT2D eigenvalue weighted by Crippen LogP contribution is -2.44. The lowest BCUT2D eigenvalue weighted by molar-refractivity contribution is 0.187. The number of thiol groups is 1. The molecule has 8 nitrogen and oxygen atoms in total. The molecule has 1 aliphatic heterocycles. The van der Waals surface area contributed by atoms with Crippen molar-refractivity contribution in [2.75, 3.05) is 18.0 Å². The lowest BCUT2D eigenvalue weighted by atomic mass is 9.74. The topological polar surface area (TPSA) is 114 Å². The van der Waals surface area contributed by atoms with Crippen molar-refractivity contribution in [3.63, 3.8) is 0 Å². The number of aromatic nitrogens is 5. The Hall–Kier alpha value is -2.53. The quantitative estimate of drug-likeness (QED) is 0.286. The van der Waals surface area contributed by atoms with Crippen LogP contribution in [0.4, 0.5) is 5.82 Å². The third-order valence-electron chi connectivity index (χ3n) is 6.93. The number of hydrogen-bond donors (Lipinski definition) is 3. The zero-order valence-corrected chi connectivity index (χ0v) is 19.9. The van der Waals surface area contributed by atoms with Gasteiger partial charge >= 0.3 is 0 Å². The lowest BCUT2D eigenvalue weighted by Gasteiger charge is -2.42. The minimum absolute atomic E-state index is 0.0712. The predicted molar refractivity (Wildman–Crippen MR) is 132 cm³/mol. The average molecular weight is 498 g/mol. The van der Waals surface area contributed by atoms with Crippen LogP contribution in [0.3, 0.4) is 0 Å². The van der Waals surface area contributed by atoms with Crippen LogP contribution in [0.25, 0.3) is 22.2 Å². The van der Waals surface area contributed by atoms with E-state index in [-0.39, 0.29) is 22.2 Å². The molecule has 1 spiro atoms. The Labute approximate surface area is 203 Å². The van der Waals surface area contributed by atoms with Crippen molar-refractivity contribution in [2.24, 2.45) is 11.1 Å². The molecule has 4 heterocycles. The summed E-state index contributed by atoms with van der Waals surface area (Å²) in [6.45, 7) is 1.75. The second-order valence-electron chi connectivity index (χ2n) is 8.64. The molecule has 1 atom stereocenters. The third-order valence-corrected chi connectivity index (χ3v) is 8.49. The average Bonchev–Trinajstić information content (AvgIpc) is 3.35. The van der Waals surface area contributed by atoms with Gasteiger partial charge in [0.1, 0.15) is 5.82 Å². The summed E-state index contributed by atoms with van der Waals surface area (Å²) >= 11 is 12.3. The first-order valence-electron chi connectivity index (χ1n) is 10.6. The molecule has 0 saturated carbocycles. The van der Waals surface area contributed by atoms with Gasteiger partial charge < -0.3 is 15.6 Å². The maximum absolute atomic E-state index is 12.4. The number of anilines is 1. The molecular formula is C22H20ClN7OS2. The van der Waals surface area contributed by atoms with Crippen LogP contribution in [-0.2, 0) is 6.42 Å². The van der Waals surface area contributed by atoms with E-state index in [0.29, 0.717) is 27.2 Å². The number of benzene rings is 1. The van der Waals surface area contributed by atoms with Crippen LogP contribution in [0.1, 0.15) is 29.5 Å². The molecule has 1 aromatic carbocycles. The number of aromatic amines is 1. The van der Waals surface area contributed by atoms with Gasteiger partial charge in [0.2, 0.25) is 0 Å². The molecule has 6 rings (SSSR count). The highest BCUT2D eigenvalue weighted by Crippen LogP contribution is 2.51. The highest BCUT2D eigenvalue weighted by molar-refractivity contribution is 7.80. The Morgan fingerprint density at radius 1 is 1.21 bits per heavy atom. The molecule has 1 aliphatic carbocycles. The van der Waals surface area contributed by atoms with E-state index < -0.39 is 0 Å². The van der Waals surface area contributed by atoms with Gasteiger partial charge in [-0.2, -0.15) is 0 Å². The fraction of sp³-hybridized carbons (Fsp3) is 0.318.